The van der Waals surface area contributed by atoms with Crippen molar-refractivity contribution in [3.8, 4) is 11.4 Å². The highest BCUT2D eigenvalue weighted by Gasteiger charge is 2.21. The van der Waals surface area contributed by atoms with Crippen LogP contribution in [0.1, 0.15) is 42.5 Å². The topological polar surface area (TPSA) is 125 Å². The number of hydrogen-bond acceptors (Lipinski definition) is 7. The van der Waals surface area contributed by atoms with Crippen LogP contribution in [-0.4, -0.2) is 37.2 Å². The summed E-state index contributed by atoms with van der Waals surface area (Å²) in [5.74, 6) is 0.750. The maximum Gasteiger partial charge on any atom is 0.295 e. The predicted molar refractivity (Wildman–Crippen MR) is 112 cm³/mol. The number of aromatic nitrogens is 4. The summed E-state index contributed by atoms with van der Waals surface area (Å²) in [4.78, 5) is 31.7. The van der Waals surface area contributed by atoms with E-state index < -0.39 is 10.8 Å². The van der Waals surface area contributed by atoms with Crippen molar-refractivity contribution >= 4 is 17.4 Å². The van der Waals surface area contributed by atoms with Gasteiger partial charge in [0, 0.05) is 17.8 Å². The second-order valence-electron chi connectivity index (χ2n) is 7.42. The summed E-state index contributed by atoms with van der Waals surface area (Å²) in [5, 5.41) is 18.1. The largest absolute Gasteiger partial charge is 0.489 e. The number of nitrogens with zero attached hydrogens (tertiary/aromatic N) is 5. The molecule has 1 fully saturated rings. The third-order valence-electron chi connectivity index (χ3n) is 5.30. The van der Waals surface area contributed by atoms with Gasteiger partial charge in [0.15, 0.2) is 11.6 Å². The number of benzene rings is 1. The van der Waals surface area contributed by atoms with Crippen LogP contribution in [0.2, 0.25) is 0 Å². The van der Waals surface area contributed by atoms with Gasteiger partial charge < -0.3 is 10.1 Å². The molecule has 1 aliphatic rings. The van der Waals surface area contributed by atoms with E-state index in [1.54, 1.807) is 18.3 Å². The molecule has 160 valence electrons. The van der Waals surface area contributed by atoms with Gasteiger partial charge in [-0.3, -0.25) is 14.9 Å². The molecule has 1 aliphatic carbocycles. The number of carbonyl (C=O) groups excluding carboxylic acids is 1. The smallest absolute Gasteiger partial charge is 0.295 e. The number of nitro benzene ring substituents is 1. The van der Waals surface area contributed by atoms with Crippen molar-refractivity contribution < 1.29 is 14.5 Å². The summed E-state index contributed by atoms with van der Waals surface area (Å²) in [6.45, 7) is 0.576. The van der Waals surface area contributed by atoms with Crippen LogP contribution in [0, 0.1) is 16.0 Å². The fourth-order valence-corrected chi connectivity index (χ4v) is 3.68. The highest BCUT2D eigenvalue weighted by Crippen LogP contribution is 2.28. The first kappa shape index (κ1) is 20.5. The van der Waals surface area contributed by atoms with Gasteiger partial charge in [-0.25, -0.2) is 14.6 Å². The fraction of sp³-hybridized carbons (Fsp3) is 0.333. The Hall–Kier alpha value is -3.82. The second-order valence-corrected chi connectivity index (χ2v) is 7.42. The average molecular weight is 422 g/mol. The summed E-state index contributed by atoms with van der Waals surface area (Å²) < 4.78 is 7.21. The molecule has 4 rings (SSSR count). The van der Waals surface area contributed by atoms with Gasteiger partial charge in [0.05, 0.1) is 11.5 Å². The van der Waals surface area contributed by atoms with Crippen molar-refractivity contribution in [2.75, 3.05) is 11.9 Å². The molecule has 1 saturated carbocycles. The van der Waals surface area contributed by atoms with Crippen LogP contribution < -0.4 is 10.1 Å². The molecule has 2 heterocycles. The van der Waals surface area contributed by atoms with Crippen LogP contribution in [0.25, 0.3) is 5.69 Å². The molecule has 10 nitrogen and oxygen atoms in total. The third-order valence-corrected chi connectivity index (χ3v) is 5.30. The summed E-state index contributed by atoms with van der Waals surface area (Å²) in [6.07, 6.45) is 10.2. The Morgan fingerprint density at radius 1 is 1.26 bits per heavy atom. The van der Waals surface area contributed by atoms with Crippen molar-refractivity contribution in [1.82, 2.24) is 19.7 Å². The number of ether oxygens (including phenoxy) is 1. The molecule has 1 aromatic carbocycles. The molecule has 0 bridgehead atoms. The maximum atomic E-state index is 12.8. The van der Waals surface area contributed by atoms with Gasteiger partial charge in [-0.05, 0) is 43.0 Å². The molecule has 1 N–H and O–H groups in total. The summed E-state index contributed by atoms with van der Waals surface area (Å²) in [7, 11) is 0. The van der Waals surface area contributed by atoms with Gasteiger partial charge in [0.2, 0.25) is 0 Å². The molecule has 1 amide bonds. The van der Waals surface area contributed by atoms with E-state index in [0.29, 0.717) is 18.3 Å². The Bertz CT molecular complexity index is 1060. The maximum absolute atomic E-state index is 12.8. The summed E-state index contributed by atoms with van der Waals surface area (Å²) in [6, 6.07) is 7.65. The minimum absolute atomic E-state index is 0.124. The Kier molecular flexibility index (Phi) is 6.16. The molecule has 0 aliphatic heterocycles. The Morgan fingerprint density at radius 2 is 2.10 bits per heavy atom. The number of carbonyl (C=O) groups is 1. The Morgan fingerprint density at radius 3 is 2.84 bits per heavy atom. The zero-order valence-electron chi connectivity index (χ0n) is 16.8. The average Bonchev–Trinajstić information content (AvgIpc) is 3.33. The number of amides is 1. The van der Waals surface area contributed by atoms with Crippen molar-refractivity contribution in [3.63, 3.8) is 0 Å². The molecule has 0 spiro atoms. The number of hydrogen-bond donors (Lipinski definition) is 1. The van der Waals surface area contributed by atoms with Crippen molar-refractivity contribution in [3.05, 3.63) is 64.9 Å². The van der Waals surface area contributed by atoms with Gasteiger partial charge in [0.1, 0.15) is 18.3 Å². The standard InChI is InChI=1S/C21H22N6O4/c28-21(16-8-9-17(18(11-16)27(29)30)26-14-22-13-24-26)25-20-19(7-4-10-23-20)31-12-15-5-2-1-3-6-15/h4,7-11,13-15H,1-3,5-6,12H2,(H,23,25,28). The van der Waals surface area contributed by atoms with Gasteiger partial charge >= 0.3 is 0 Å². The van der Waals surface area contributed by atoms with Crippen LogP contribution in [-0.2, 0) is 0 Å². The molecule has 10 heteroatoms. The molecule has 31 heavy (non-hydrogen) atoms. The van der Waals surface area contributed by atoms with Crippen molar-refractivity contribution in [2.24, 2.45) is 5.92 Å². The lowest BCUT2D eigenvalue weighted by Crippen LogP contribution is -2.18. The molecule has 2 aromatic heterocycles. The van der Waals surface area contributed by atoms with E-state index in [4.69, 9.17) is 4.74 Å². The zero-order chi connectivity index (χ0) is 21.6. The Labute approximate surface area is 178 Å². The molecule has 3 aromatic rings. The van der Waals surface area contributed by atoms with Gasteiger partial charge in [-0.1, -0.05) is 19.3 Å². The minimum Gasteiger partial charge on any atom is -0.489 e. The van der Waals surface area contributed by atoms with E-state index in [9.17, 15) is 14.9 Å². The van der Waals surface area contributed by atoms with Crippen LogP contribution in [0.15, 0.2) is 49.2 Å². The highest BCUT2D eigenvalue weighted by atomic mass is 16.6. The molecule has 0 atom stereocenters. The third kappa shape index (κ3) is 4.85. The number of pyridine rings is 1. The van der Waals surface area contributed by atoms with Gasteiger partial charge in [0.25, 0.3) is 11.6 Å². The number of rotatable bonds is 7. The summed E-state index contributed by atoms with van der Waals surface area (Å²) in [5.41, 5.74) is 0.0841. The van der Waals surface area contributed by atoms with E-state index in [0.717, 1.165) is 12.8 Å². The lowest BCUT2D eigenvalue weighted by atomic mass is 9.90. The summed E-state index contributed by atoms with van der Waals surface area (Å²) >= 11 is 0. The van der Waals surface area contributed by atoms with Crippen LogP contribution in [0.5, 0.6) is 5.75 Å². The predicted octanol–water partition coefficient (Wildman–Crippen LogP) is 3.78. The first-order valence-electron chi connectivity index (χ1n) is 10.1. The van der Waals surface area contributed by atoms with E-state index in [1.165, 1.54) is 54.8 Å². The number of nitrogens with one attached hydrogen (secondary N) is 1. The second kappa shape index (κ2) is 9.33. The highest BCUT2D eigenvalue weighted by molar-refractivity contribution is 6.05. The van der Waals surface area contributed by atoms with Crippen molar-refractivity contribution in [1.29, 1.82) is 0 Å². The quantitative estimate of drug-likeness (QED) is 0.454. The normalized spacial score (nSPS) is 14.2. The van der Waals surface area contributed by atoms with Gasteiger partial charge in [-0.15, -0.1) is 0 Å². The molecule has 0 radical (unpaired) electrons. The SMILES string of the molecule is O=C(Nc1ncccc1OCC1CCCCC1)c1ccc(-n2cncn2)c([N+](=O)[O-])c1. The lowest BCUT2D eigenvalue weighted by Gasteiger charge is -2.22. The Balaban J connectivity index is 1.50. The van der Waals surface area contributed by atoms with Crippen LogP contribution in [0.3, 0.4) is 0 Å². The van der Waals surface area contributed by atoms with Gasteiger partial charge in [-0.2, -0.15) is 5.10 Å². The molecular formula is C21H22N6O4. The lowest BCUT2D eigenvalue weighted by molar-refractivity contribution is -0.384. The number of nitro groups is 1. The molecule has 0 saturated heterocycles. The zero-order valence-corrected chi connectivity index (χ0v) is 16.8. The van der Waals surface area contributed by atoms with Crippen LogP contribution >= 0.6 is 0 Å². The fourth-order valence-electron chi connectivity index (χ4n) is 3.68. The molecule has 0 unspecified atom stereocenters. The molecular weight excluding hydrogens is 400 g/mol. The minimum atomic E-state index is -0.562. The van der Waals surface area contributed by atoms with E-state index in [-0.39, 0.29) is 22.8 Å². The van der Waals surface area contributed by atoms with Crippen LogP contribution in [0.4, 0.5) is 11.5 Å². The first-order valence-corrected chi connectivity index (χ1v) is 10.1. The van der Waals surface area contributed by atoms with E-state index in [2.05, 4.69) is 20.4 Å². The first-order chi connectivity index (χ1) is 15.1. The monoisotopic (exact) mass is 422 g/mol. The van der Waals surface area contributed by atoms with Crippen molar-refractivity contribution in [2.45, 2.75) is 32.1 Å². The van der Waals surface area contributed by atoms with E-state index in [1.807, 2.05) is 0 Å². The number of anilines is 1. The van der Waals surface area contributed by atoms with E-state index >= 15 is 0 Å².